The number of hydrogen-bond donors (Lipinski definition) is 0. The van der Waals surface area contributed by atoms with Crippen LogP contribution in [0.3, 0.4) is 0 Å². The topological polar surface area (TPSA) is 12.9 Å². The van der Waals surface area contributed by atoms with Crippen molar-refractivity contribution in [1.82, 2.24) is 4.98 Å². The third kappa shape index (κ3) is 2.33. The number of allylic oxidation sites excluding steroid dienone is 2. The molecule has 1 aromatic carbocycles. The van der Waals surface area contributed by atoms with Crippen molar-refractivity contribution in [2.24, 2.45) is 0 Å². The molecule has 0 amide bonds. The summed E-state index contributed by atoms with van der Waals surface area (Å²) in [6.45, 7) is 10.6. The van der Waals surface area contributed by atoms with Crippen molar-refractivity contribution < 1.29 is 0 Å². The fraction of sp³-hybridized carbons (Fsp3) is 0.250. The lowest BCUT2D eigenvalue weighted by molar-refractivity contribution is 0.626. The quantitative estimate of drug-likeness (QED) is 0.692. The van der Waals surface area contributed by atoms with Crippen LogP contribution in [0.5, 0.6) is 0 Å². The average Bonchev–Trinajstić information content (AvgIpc) is 2.70. The molecule has 0 saturated carbocycles. The Morgan fingerprint density at radius 2 is 2.00 bits per heavy atom. The van der Waals surface area contributed by atoms with Crippen LogP contribution in [0.25, 0.3) is 17.3 Å². The number of fused-ring (bicyclic) bond motifs is 1. The van der Waals surface area contributed by atoms with Gasteiger partial charge in [-0.05, 0) is 48.2 Å². The van der Waals surface area contributed by atoms with Crippen LogP contribution in [-0.4, -0.2) is 4.98 Å². The average molecular weight is 275 g/mol. The number of hydrogen-bond acceptors (Lipinski definition) is 1. The van der Waals surface area contributed by atoms with Crippen LogP contribution < -0.4 is 0 Å². The molecule has 0 radical (unpaired) electrons. The molecule has 0 N–H and O–H groups in total. The Morgan fingerprint density at radius 1 is 1.19 bits per heavy atom. The molecule has 3 rings (SSSR count). The third-order valence-corrected chi connectivity index (χ3v) is 4.43. The molecule has 1 aromatic heterocycles. The highest BCUT2D eigenvalue weighted by Crippen LogP contribution is 2.43. The van der Waals surface area contributed by atoms with E-state index in [4.69, 9.17) is 0 Å². The van der Waals surface area contributed by atoms with Gasteiger partial charge in [0.25, 0.3) is 0 Å². The van der Waals surface area contributed by atoms with Crippen LogP contribution in [-0.2, 0) is 5.41 Å². The van der Waals surface area contributed by atoms with Gasteiger partial charge in [0.05, 0.1) is 5.69 Å². The Hall–Kier alpha value is -2.15. The summed E-state index contributed by atoms with van der Waals surface area (Å²) >= 11 is 0. The molecular formula is C20H21N. The van der Waals surface area contributed by atoms with Crippen LogP contribution in [0.15, 0.2) is 54.8 Å². The first-order chi connectivity index (χ1) is 10.0. The Bertz CT molecular complexity index is 735. The smallest absolute Gasteiger partial charge is 0.0704 e. The first kappa shape index (κ1) is 13.8. The molecule has 0 aliphatic heterocycles. The van der Waals surface area contributed by atoms with E-state index in [-0.39, 0.29) is 5.41 Å². The molecule has 0 spiro atoms. The molecule has 0 fully saturated rings. The van der Waals surface area contributed by atoms with E-state index in [0.717, 1.165) is 12.1 Å². The molecule has 1 aliphatic carbocycles. The van der Waals surface area contributed by atoms with Crippen molar-refractivity contribution in [3.05, 3.63) is 71.4 Å². The van der Waals surface area contributed by atoms with Gasteiger partial charge in [-0.25, -0.2) is 0 Å². The molecule has 1 heterocycles. The molecule has 0 saturated heterocycles. The number of nitrogens with zero attached hydrogens (tertiary/aromatic N) is 1. The van der Waals surface area contributed by atoms with Crippen LogP contribution in [0.4, 0.5) is 0 Å². The van der Waals surface area contributed by atoms with Gasteiger partial charge in [0, 0.05) is 17.2 Å². The SMILES string of the molecule is C=CCC1=Cc2cc(-c3cc(C)ccn3)ccc2C1(C)C. The minimum Gasteiger partial charge on any atom is -0.256 e. The minimum absolute atomic E-state index is 0.0993. The van der Waals surface area contributed by atoms with E-state index in [1.807, 2.05) is 18.3 Å². The third-order valence-electron chi connectivity index (χ3n) is 4.43. The number of benzene rings is 1. The Balaban J connectivity index is 2.08. The molecule has 0 bridgehead atoms. The number of aromatic nitrogens is 1. The zero-order chi connectivity index (χ0) is 15.0. The Labute approximate surface area is 127 Å². The second-order valence-electron chi connectivity index (χ2n) is 6.31. The van der Waals surface area contributed by atoms with Crippen LogP contribution >= 0.6 is 0 Å². The van der Waals surface area contributed by atoms with E-state index in [9.17, 15) is 0 Å². The highest BCUT2D eigenvalue weighted by molar-refractivity contribution is 5.74. The minimum atomic E-state index is 0.0993. The second kappa shape index (κ2) is 5.00. The first-order valence-electron chi connectivity index (χ1n) is 7.42. The van der Waals surface area contributed by atoms with E-state index in [1.54, 1.807) is 0 Å². The summed E-state index contributed by atoms with van der Waals surface area (Å²) in [5, 5.41) is 0. The molecule has 0 unspecified atom stereocenters. The highest BCUT2D eigenvalue weighted by Gasteiger charge is 2.31. The van der Waals surface area contributed by atoms with Gasteiger partial charge in [-0.3, -0.25) is 4.98 Å². The van der Waals surface area contributed by atoms with Crippen molar-refractivity contribution >= 4 is 6.08 Å². The lowest BCUT2D eigenvalue weighted by Crippen LogP contribution is -2.16. The van der Waals surface area contributed by atoms with E-state index in [1.165, 1.54) is 27.8 Å². The molecule has 2 aromatic rings. The summed E-state index contributed by atoms with van der Waals surface area (Å²) in [5.74, 6) is 0. The van der Waals surface area contributed by atoms with Gasteiger partial charge in [-0.1, -0.05) is 43.7 Å². The fourth-order valence-electron chi connectivity index (χ4n) is 3.12. The van der Waals surface area contributed by atoms with Crippen LogP contribution in [0.1, 0.15) is 37.0 Å². The predicted octanol–water partition coefficient (Wildman–Crippen LogP) is 5.31. The summed E-state index contributed by atoms with van der Waals surface area (Å²) in [6.07, 6.45) is 7.12. The molecular weight excluding hydrogens is 254 g/mol. The van der Waals surface area contributed by atoms with Gasteiger partial charge in [0.2, 0.25) is 0 Å². The van der Waals surface area contributed by atoms with Gasteiger partial charge in [-0.2, -0.15) is 0 Å². The van der Waals surface area contributed by atoms with E-state index >= 15 is 0 Å². The van der Waals surface area contributed by atoms with Crippen molar-refractivity contribution in [3.63, 3.8) is 0 Å². The van der Waals surface area contributed by atoms with Crippen molar-refractivity contribution in [2.75, 3.05) is 0 Å². The lowest BCUT2D eigenvalue weighted by atomic mass is 9.80. The number of pyridine rings is 1. The molecule has 1 heteroatoms. The van der Waals surface area contributed by atoms with Crippen molar-refractivity contribution in [3.8, 4) is 11.3 Å². The van der Waals surface area contributed by atoms with Crippen molar-refractivity contribution in [2.45, 2.75) is 32.6 Å². The molecule has 1 nitrogen and oxygen atoms in total. The maximum absolute atomic E-state index is 4.49. The standard InChI is InChI=1S/C20H21N/c1-5-6-17-13-16-12-15(7-8-18(16)20(17,3)4)19-11-14(2)9-10-21-19/h5,7-13H,1,6H2,2-4H3. The number of aryl methyl sites for hydroxylation is 1. The van der Waals surface area contributed by atoms with Crippen LogP contribution in [0.2, 0.25) is 0 Å². The van der Waals surface area contributed by atoms with Gasteiger partial charge < -0.3 is 0 Å². The number of rotatable bonds is 3. The Morgan fingerprint density at radius 3 is 2.71 bits per heavy atom. The molecule has 1 aliphatic rings. The Kier molecular flexibility index (Phi) is 3.29. The van der Waals surface area contributed by atoms with E-state index < -0.39 is 0 Å². The van der Waals surface area contributed by atoms with Gasteiger partial charge in [0.15, 0.2) is 0 Å². The monoisotopic (exact) mass is 275 g/mol. The van der Waals surface area contributed by atoms with Gasteiger partial charge in [-0.15, -0.1) is 6.58 Å². The van der Waals surface area contributed by atoms with Crippen molar-refractivity contribution in [1.29, 1.82) is 0 Å². The normalized spacial score (nSPS) is 15.5. The van der Waals surface area contributed by atoms with E-state index in [0.29, 0.717) is 0 Å². The van der Waals surface area contributed by atoms with Gasteiger partial charge >= 0.3 is 0 Å². The lowest BCUT2D eigenvalue weighted by Gasteiger charge is -2.24. The first-order valence-corrected chi connectivity index (χ1v) is 7.42. The van der Waals surface area contributed by atoms with Gasteiger partial charge in [0.1, 0.15) is 0 Å². The summed E-state index contributed by atoms with van der Waals surface area (Å²) in [6, 6.07) is 10.9. The molecule has 0 atom stereocenters. The summed E-state index contributed by atoms with van der Waals surface area (Å²) in [7, 11) is 0. The summed E-state index contributed by atoms with van der Waals surface area (Å²) in [4.78, 5) is 4.49. The van der Waals surface area contributed by atoms with E-state index in [2.05, 4.69) is 62.7 Å². The molecule has 106 valence electrons. The highest BCUT2D eigenvalue weighted by atomic mass is 14.7. The zero-order valence-electron chi connectivity index (χ0n) is 13.0. The van der Waals surface area contributed by atoms with Crippen LogP contribution in [0, 0.1) is 6.92 Å². The summed E-state index contributed by atoms with van der Waals surface area (Å²) < 4.78 is 0. The maximum atomic E-state index is 4.49. The summed E-state index contributed by atoms with van der Waals surface area (Å²) in [5.41, 5.74) is 7.71. The molecule has 21 heavy (non-hydrogen) atoms. The zero-order valence-corrected chi connectivity index (χ0v) is 13.0. The second-order valence-corrected chi connectivity index (χ2v) is 6.31. The largest absolute Gasteiger partial charge is 0.256 e. The maximum Gasteiger partial charge on any atom is 0.0704 e. The predicted molar refractivity (Wildman–Crippen MR) is 90.2 cm³/mol. The fourth-order valence-corrected chi connectivity index (χ4v) is 3.12.